The predicted molar refractivity (Wildman–Crippen MR) is 102 cm³/mol. The molecule has 8 heteroatoms. The van der Waals surface area contributed by atoms with Crippen molar-refractivity contribution >= 4 is 11.8 Å². The Kier molecular flexibility index (Phi) is 5.72. The molecular formula is C21H22F2N2O4. The summed E-state index contributed by atoms with van der Waals surface area (Å²) in [6.45, 7) is 3.81. The van der Waals surface area contributed by atoms with Gasteiger partial charge in [0.1, 0.15) is 11.6 Å². The van der Waals surface area contributed by atoms with Crippen molar-refractivity contribution < 1.29 is 28.2 Å². The van der Waals surface area contributed by atoms with E-state index >= 15 is 0 Å². The van der Waals surface area contributed by atoms with Crippen LogP contribution in [0.15, 0.2) is 36.4 Å². The highest BCUT2D eigenvalue weighted by Gasteiger charge is 2.37. The second-order valence-corrected chi connectivity index (χ2v) is 7.11. The average Bonchev–Trinajstić information content (AvgIpc) is 2.68. The Morgan fingerprint density at radius 3 is 2.28 bits per heavy atom. The van der Waals surface area contributed by atoms with Crippen LogP contribution in [0.3, 0.4) is 0 Å². The molecule has 1 saturated heterocycles. The molecule has 2 aromatic rings. The van der Waals surface area contributed by atoms with Crippen LogP contribution < -0.4 is 4.74 Å². The third-order valence-electron chi connectivity index (χ3n) is 5.06. The zero-order valence-electron chi connectivity index (χ0n) is 16.4. The molecule has 29 heavy (non-hydrogen) atoms. The molecule has 1 heterocycles. The van der Waals surface area contributed by atoms with Crippen LogP contribution in [0.4, 0.5) is 8.78 Å². The van der Waals surface area contributed by atoms with Crippen molar-refractivity contribution in [2.45, 2.75) is 25.9 Å². The average molecular weight is 404 g/mol. The Hall–Kier alpha value is -3.16. The summed E-state index contributed by atoms with van der Waals surface area (Å²) in [6, 6.07) is 7.02. The number of nitrogens with zero attached hydrogens (tertiary/aromatic N) is 2. The van der Waals surface area contributed by atoms with Gasteiger partial charge in [0.05, 0.1) is 18.2 Å². The zero-order valence-corrected chi connectivity index (χ0v) is 16.4. The summed E-state index contributed by atoms with van der Waals surface area (Å²) in [5.74, 6) is -3.00. The highest BCUT2D eigenvalue weighted by atomic mass is 19.1. The van der Waals surface area contributed by atoms with Crippen molar-refractivity contribution in [3.63, 3.8) is 0 Å². The van der Waals surface area contributed by atoms with E-state index in [0.29, 0.717) is 5.75 Å². The first-order valence-corrected chi connectivity index (χ1v) is 9.17. The normalized spacial score (nSPS) is 19.2. The Bertz CT molecular complexity index is 938. The summed E-state index contributed by atoms with van der Waals surface area (Å²) >= 11 is 0. The summed E-state index contributed by atoms with van der Waals surface area (Å²) in [6.07, 6.45) is 0. The van der Waals surface area contributed by atoms with Gasteiger partial charge in [-0.1, -0.05) is 6.07 Å². The number of methoxy groups -OCH3 is 1. The first-order valence-electron chi connectivity index (χ1n) is 9.17. The number of hydrogen-bond acceptors (Lipinski definition) is 4. The van der Waals surface area contributed by atoms with E-state index < -0.39 is 41.3 Å². The van der Waals surface area contributed by atoms with Gasteiger partial charge in [0.2, 0.25) is 0 Å². The molecule has 154 valence electrons. The van der Waals surface area contributed by atoms with E-state index in [4.69, 9.17) is 4.74 Å². The maximum absolute atomic E-state index is 14.3. The van der Waals surface area contributed by atoms with Gasteiger partial charge in [0, 0.05) is 31.2 Å². The van der Waals surface area contributed by atoms with Gasteiger partial charge in [0.15, 0.2) is 11.6 Å². The summed E-state index contributed by atoms with van der Waals surface area (Å²) in [7, 11) is 1.41. The summed E-state index contributed by atoms with van der Waals surface area (Å²) in [5, 5.41) is 9.54. The Morgan fingerprint density at radius 1 is 1.03 bits per heavy atom. The molecule has 0 spiro atoms. The monoisotopic (exact) mass is 404 g/mol. The zero-order chi connectivity index (χ0) is 21.3. The molecule has 2 atom stereocenters. The van der Waals surface area contributed by atoms with E-state index in [0.717, 1.165) is 6.07 Å². The smallest absolute Gasteiger partial charge is 0.257 e. The molecule has 1 fully saturated rings. The van der Waals surface area contributed by atoms with Gasteiger partial charge in [-0.15, -0.1) is 0 Å². The van der Waals surface area contributed by atoms with Gasteiger partial charge >= 0.3 is 0 Å². The SMILES string of the molecule is COc1ccc(C(=O)N2C[C@@H](C)N(C(=O)c3cccc(O)c3F)[C@H](C)C2)c(F)c1. The van der Waals surface area contributed by atoms with Crippen molar-refractivity contribution in [1.29, 1.82) is 0 Å². The summed E-state index contributed by atoms with van der Waals surface area (Å²) in [5.41, 5.74) is -0.311. The van der Waals surface area contributed by atoms with Crippen molar-refractivity contribution in [2.24, 2.45) is 0 Å². The minimum atomic E-state index is -0.976. The molecule has 2 amide bonds. The van der Waals surface area contributed by atoms with Crippen LogP contribution in [-0.4, -0.2) is 59.0 Å². The second-order valence-electron chi connectivity index (χ2n) is 7.11. The van der Waals surface area contributed by atoms with Crippen molar-refractivity contribution in [3.05, 3.63) is 59.2 Å². The predicted octanol–water partition coefficient (Wildman–Crippen LogP) is 3.05. The van der Waals surface area contributed by atoms with E-state index in [1.54, 1.807) is 13.8 Å². The third kappa shape index (κ3) is 3.87. The molecule has 0 aliphatic carbocycles. The lowest BCUT2D eigenvalue weighted by Gasteiger charge is -2.44. The fraction of sp³-hybridized carbons (Fsp3) is 0.333. The van der Waals surface area contributed by atoms with E-state index in [2.05, 4.69) is 0 Å². The maximum atomic E-state index is 14.3. The quantitative estimate of drug-likeness (QED) is 0.854. The number of rotatable bonds is 3. The number of phenolic OH excluding ortho intramolecular Hbond substituents is 1. The summed E-state index contributed by atoms with van der Waals surface area (Å²) < 4.78 is 33.4. The molecule has 0 aromatic heterocycles. The first-order chi connectivity index (χ1) is 13.7. The molecule has 1 aliphatic heterocycles. The molecule has 2 aromatic carbocycles. The lowest BCUT2D eigenvalue weighted by Crippen LogP contribution is -2.60. The van der Waals surface area contributed by atoms with Crippen LogP contribution in [0.25, 0.3) is 0 Å². The van der Waals surface area contributed by atoms with Crippen molar-refractivity contribution in [3.8, 4) is 11.5 Å². The van der Waals surface area contributed by atoms with Crippen LogP contribution >= 0.6 is 0 Å². The van der Waals surface area contributed by atoms with Gasteiger partial charge < -0.3 is 19.6 Å². The number of benzene rings is 2. The van der Waals surface area contributed by atoms with Crippen LogP contribution in [0.5, 0.6) is 11.5 Å². The first kappa shape index (κ1) is 20.6. The summed E-state index contributed by atoms with van der Waals surface area (Å²) in [4.78, 5) is 28.6. The second kappa shape index (κ2) is 8.06. The standard InChI is InChI=1S/C21H22F2N2O4/c1-12-10-24(20(27)15-8-7-14(29-3)9-17(15)22)11-13(2)25(12)21(28)16-5-4-6-18(26)19(16)23/h4-9,12-13,26H,10-11H2,1-3H3/t12-,13-/m1/s1. The fourth-order valence-electron chi connectivity index (χ4n) is 3.68. The van der Waals surface area contributed by atoms with Crippen LogP contribution in [0.1, 0.15) is 34.6 Å². The molecule has 6 nitrogen and oxygen atoms in total. The van der Waals surface area contributed by atoms with Crippen LogP contribution in [0.2, 0.25) is 0 Å². The highest BCUT2D eigenvalue weighted by Crippen LogP contribution is 2.26. The molecule has 0 unspecified atom stereocenters. The number of phenols is 1. The Balaban J connectivity index is 1.80. The number of carbonyl (C=O) groups is 2. The number of carbonyl (C=O) groups excluding carboxylic acids is 2. The lowest BCUT2D eigenvalue weighted by molar-refractivity contribution is 0.0249. The topological polar surface area (TPSA) is 70.1 Å². The molecule has 0 bridgehead atoms. The third-order valence-corrected chi connectivity index (χ3v) is 5.06. The molecule has 1 N–H and O–H groups in total. The van der Waals surface area contributed by atoms with Gasteiger partial charge in [-0.05, 0) is 38.1 Å². The largest absolute Gasteiger partial charge is 0.505 e. The number of ether oxygens (including phenoxy) is 1. The molecular weight excluding hydrogens is 382 g/mol. The maximum Gasteiger partial charge on any atom is 0.257 e. The molecule has 0 radical (unpaired) electrons. The van der Waals surface area contributed by atoms with E-state index in [-0.39, 0.29) is 24.2 Å². The van der Waals surface area contributed by atoms with E-state index in [1.807, 2.05) is 0 Å². The van der Waals surface area contributed by atoms with Crippen LogP contribution in [-0.2, 0) is 0 Å². The van der Waals surface area contributed by atoms with Crippen molar-refractivity contribution in [1.82, 2.24) is 9.80 Å². The number of amides is 2. The van der Waals surface area contributed by atoms with Gasteiger partial charge in [-0.2, -0.15) is 0 Å². The van der Waals surface area contributed by atoms with Crippen molar-refractivity contribution in [2.75, 3.05) is 20.2 Å². The number of halogens is 2. The highest BCUT2D eigenvalue weighted by molar-refractivity contribution is 5.97. The Morgan fingerprint density at radius 2 is 1.69 bits per heavy atom. The van der Waals surface area contributed by atoms with Gasteiger partial charge in [-0.3, -0.25) is 9.59 Å². The minimum absolute atomic E-state index is 0.0796. The fourth-order valence-corrected chi connectivity index (χ4v) is 3.68. The Labute approximate surface area is 167 Å². The number of hydrogen-bond donors (Lipinski definition) is 1. The molecule has 1 aliphatic rings. The van der Waals surface area contributed by atoms with E-state index in [9.17, 15) is 23.5 Å². The lowest BCUT2D eigenvalue weighted by atomic mass is 10.0. The van der Waals surface area contributed by atoms with Crippen LogP contribution in [0, 0.1) is 11.6 Å². The van der Waals surface area contributed by atoms with E-state index in [1.165, 1.54) is 47.2 Å². The molecule has 0 saturated carbocycles. The number of aromatic hydroxyl groups is 1. The van der Waals surface area contributed by atoms with Gasteiger partial charge in [-0.25, -0.2) is 8.78 Å². The van der Waals surface area contributed by atoms with Gasteiger partial charge in [0.25, 0.3) is 11.8 Å². The minimum Gasteiger partial charge on any atom is -0.505 e. The number of piperazine rings is 1. The molecule has 3 rings (SSSR count).